The van der Waals surface area contributed by atoms with Crippen molar-refractivity contribution in [2.75, 3.05) is 13.1 Å². The van der Waals surface area contributed by atoms with Crippen LogP contribution in [0.3, 0.4) is 0 Å². The topological polar surface area (TPSA) is 55.2 Å². The zero-order valence-corrected chi connectivity index (χ0v) is 15.5. The van der Waals surface area contributed by atoms with E-state index in [-0.39, 0.29) is 0 Å². The van der Waals surface area contributed by atoms with Gasteiger partial charge in [0.1, 0.15) is 4.90 Å². The minimum Gasteiger partial charge on any atom is -0.271 e. The van der Waals surface area contributed by atoms with E-state index in [9.17, 15) is 8.42 Å². The van der Waals surface area contributed by atoms with Crippen molar-refractivity contribution in [1.29, 1.82) is 0 Å². The Hall–Kier alpha value is -0.880. The van der Waals surface area contributed by atoms with Crippen LogP contribution in [0.2, 0.25) is 0 Å². The van der Waals surface area contributed by atoms with Crippen molar-refractivity contribution in [3.63, 3.8) is 0 Å². The summed E-state index contributed by atoms with van der Waals surface area (Å²) < 4.78 is 29.4. The third-order valence-corrected chi connectivity index (χ3v) is 6.21. The third kappa shape index (κ3) is 4.56. The molecule has 1 heterocycles. The average Bonchev–Trinajstić information content (AvgIpc) is 2.71. The van der Waals surface area contributed by atoms with Gasteiger partial charge in [-0.25, -0.2) is 8.42 Å². The van der Waals surface area contributed by atoms with Gasteiger partial charge in [0.25, 0.3) is 0 Å². The predicted octanol–water partition coefficient (Wildman–Crippen LogP) is 3.41. The van der Waals surface area contributed by atoms with Crippen LogP contribution >= 0.6 is 0 Å². The lowest BCUT2D eigenvalue weighted by molar-refractivity contribution is 0.388. The lowest BCUT2D eigenvalue weighted by Gasteiger charge is -2.22. The van der Waals surface area contributed by atoms with Crippen molar-refractivity contribution >= 4 is 10.0 Å². The first-order valence-corrected chi connectivity index (χ1v) is 9.80. The monoisotopic (exact) mass is 329 g/mol. The number of nitrogens with zero attached hydrogens (tertiary/aromatic N) is 3. The number of unbranched alkanes of at least 4 members (excludes halogenated alkanes) is 4. The molecule has 0 spiro atoms. The van der Waals surface area contributed by atoms with E-state index in [1.54, 1.807) is 23.0 Å². The molecule has 1 aromatic rings. The third-order valence-electron chi connectivity index (χ3n) is 4.06. The summed E-state index contributed by atoms with van der Waals surface area (Å²) in [6, 6.07) is 0. The second-order valence-corrected chi connectivity index (χ2v) is 7.82. The zero-order valence-electron chi connectivity index (χ0n) is 14.7. The quantitative estimate of drug-likeness (QED) is 0.618. The van der Waals surface area contributed by atoms with Crippen molar-refractivity contribution in [2.45, 2.75) is 71.1 Å². The van der Waals surface area contributed by atoms with Gasteiger partial charge in [0.05, 0.1) is 11.4 Å². The maximum Gasteiger partial charge on any atom is 0.246 e. The predicted molar refractivity (Wildman–Crippen MR) is 90.5 cm³/mol. The highest BCUT2D eigenvalue weighted by atomic mass is 32.2. The summed E-state index contributed by atoms with van der Waals surface area (Å²) in [6.07, 6.45) is 6.14. The molecule has 6 heteroatoms. The Balaban J connectivity index is 3.03. The highest BCUT2D eigenvalue weighted by molar-refractivity contribution is 7.89. The highest BCUT2D eigenvalue weighted by Crippen LogP contribution is 2.24. The second kappa shape index (κ2) is 8.67. The van der Waals surface area contributed by atoms with Gasteiger partial charge >= 0.3 is 0 Å². The first-order valence-electron chi connectivity index (χ1n) is 8.36. The SMILES string of the molecule is CCCCCN(CCCCC)S(=O)(=O)c1c(C)nn(C)c1C. The maximum absolute atomic E-state index is 13.0. The molecule has 0 atom stereocenters. The molecule has 128 valence electrons. The molecule has 1 aromatic heterocycles. The van der Waals surface area contributed by atoms with E-state index in [4.69, 9.17) is 0 Å². The van der Waals surface area contributed by atoms with E-state index in [2.05, 4.69) is 18.9 Å². The van der Waals surface area contributed by atoms with Crippen LogP contribution in [0.1, 0.15) is 63.8 Å². The number of hydrogen-bond acceptors (Lipinski definition) is 3. The number of hydrogen-bond donors (Lipinski definition) is 0. The average molecular weight is 330 g/mol. The van der Waals surface area contributed by atoms with Crippen molar-refractivity contribution in [1.82, 2.24) is 14.1 Å². The summed E-state index contributed by atoms with van der Waals surface area (Å²) >= 11 is 0. The molecule has 0 aliphatic rings. The molecule has 0 radical (unpaired) electrons. The van der Waals surface area contributed by atoms with Gasteiger partial charge in [0.2, 0.25) is 10.0 Å². The molecule has 0 bridgehead atoms. The molecule has 5 nitrogen and oxygen atoms in total. The molecule has 0 unspecified atom stereocenters. The normalized spacial score (nSPS) is 12.3. The van der Waals surface area contributed by atoms with E-state index in [1.165, 1.54) is 0 Å². The molecular weight excluding hydrogens is 298 g/mol. The summed E-state index contributed by atoms with van der Waals surface area (Å²) in [5.74, 6) is 0. The van der Waals surface area contributed by atoms with Gasteiger partial charge in [0, 0.05) is 20.1 Å². The minimum absolute atomic E-state index is 0.392. The van der Waals surface area contributed by atoms with Crippen LogP contribution in [0.25, 0.3) is 0 Å². The van der Waals surface area contributed by atoms with Gasteiger partial charge in [-0.05, 0) is 26.7 Å². The molecule has 1 rings (SSSR count). The number of aryl methyl sites for hydroxylation is 2. The van der Waals surface area contributed by atoms with Gasteiger partial charge in [-0.2, -0.15) is 9.40 Å². The van der Waals surface area contributed by atoms with Crippen LogP contribution in [0.5, 0.6) is 0 Å². The van der Waals surface area contributed by atoms with Crippen molar-refractivity contribution in [3.05, 3.63) is 11.4 Å². The Kier molecular flexibility index (Phi) is 7.56. The summed E-state index contributed by atoms with van der Waals surface area (Å²) in [4.78, 5) is 0.392. The van der Waals surface area contributed by atoms with E-state index in [0.717, 1.165) is 38.5 Å². The Bertz CT molecular complexity index is 554. The Morgan fingerprint density at radius 2 is 1.50 bits per heavy atom. The molecule has 0 aliphatic carbocycles. The molecule has 0 saturated carbocycles. The van der Waals surface area contributed by atoms with Crippen molar-refractivity contribution < 1.29 is 8.42 Å². The molecular formula is C16H31N3O2S. The van der Waals surface area contributed by atoms with Crippen LogP contribution in [-0.4, -0.2) is 35.6 Å². The van der Waals surface area contributed by atoms with Gasteiger partial charge < -0.3 is 0 Å². The van der Waals surface area contributed by atoms with E-state index >= 15 is 0 Å². The maximum atomic E-state index is 13.0. The van der Waals surface area contributed by atoms with E-state index in [1.807, 2.05) is 6.92 Å². The lowest BCUT2D eigenvalue weighted by atomic mass is 10.2. The van der Waals surface area contributed by atoms with Crippen LogP contribution < -0.4 is 0 Å². The number of rotatable bonds is 10. The first-order chi connectivity index (χ1) is 10.4. The molecule has 0 N–H and O–H groups in total. The Morgan fingerprint density at radius 3 is 1.86 bits per heavy atom. The largest absolute Gasteiger partial charge is 0.271 e. The van der Waals surface area contributed by atoms with Gasteiger partial charge in [-0.1, -0.05) is 39.5 Å². The highest BCUT2D eigenvalue weighted by Gasteiger charge is 2.29. The van der Waals surface area contributed by atoms with E-state index in [0.29, 0.717) is 29.4 Å². The van der Waals surface area contributed by atoms with Gasteiger partial charge in [-0.3, -0.25) is 4.68 Å². The number of aromatic nitrogens is 2. The summed E-state index contributed by atoms with van der Waals surface area (Å²) in [5, 5.41) is 4.26. The minimum atomic E-state index is -3.45. The molecule has 0 saturated heterocycles. The van der Waals surface area contributed by atoms with E-state index < -0.39 is 10.0 Å². The van der Waals surface area contributed by atoms with Crippen molar-refractivity contribution in [2.24, 2.45) is 7.05 Å². The molecule has 0 fully saturated rings. The second-order valence-electron chi connectivity index (χ2n) is 5.94. The van der Waals surface area contributed by atoms with Gasteiger partial charge in [-0.15, -0.1) is 0 Å². The molecule has 0 amide bonds. The standard InChI is InChI=1S/C16H31N3O2S/c1-6-8-10-12-19(13-11-9-7-2)22(20,21)16-14(3)17-18(5)15(16)4/h6-13H2,1-5H3. The van der Waals surface area contributed by atoms with Gasteiger partial charge in [0.15, 0.2) is 0 Å². The molecule has 22 heavy (non-hydrogen) atoms. The summed E-state index contributed by atoms with van der Waals surface area (Å²) in [5.41, 5.74) is 1.31. The van der Waals surface area contributed by atoms with Crippen LogP contribution in [0.4, 0.5) is 0 Å². The summed E-state index contributed by atoms with van der Waals surface area (Å²) in [7, 11) is -1.66. The lowest BCUT2D eigenvalue weighted by Crippen LogP contribution is -2.33. The van der Waals surface area contributed by atoms with Crippen LogP contribution in [0.15, 0.2) is 4.90 Å². The number of sulfonamides is 1. The fraction of sp³-hybridized carbons (Fsp3) is 0.812. The fourth-order valence-corrected chi connectivity index (χ4v) is 4.60. The summed E-state index contributed by atoms with van der Waals surface area (Å²) in [6.45, 7) is 9.07. The molecule has 0 aliphatic heterocycles. The smallest absolute Gasteiger partial charge is 0.246 e. The van der Waals surface area contributed by atoms with Crippen molar-refractivity contribution in [3.8, 4) is 0 Å². The Morgan fingerprint density at radius 1 is 1.00 bits per heavy atom. The molecule has 0 aromatic carbocycles. The van der Waals surface area contributed by atoms with Crippen LogP contribution in [-0.2, 0) is 17.1 Å². The first kappa shape index (κ1) is 19.2. The Labute approximate surface area is 135 Å². The zero-order chi connectivity index (χ0) is 16.8. The fourth-order valence-electron chi connectivity index (χ4n) is 2.69. The van der Waals surface area contributed by atoms with Crippen LogP contribution in [0, 0.1) is 13.8 Å².